The molecular weight excluding hydrogens is 204 g/mol. The summed E-state index contributed by atoms with van der Waals surface area (Å²) in [6.45, 7) is 6.88. The zero-order valence-corrected chi connectivity index (χ0v) is 10.5. The van der Waals surface area contributed by atoms with Crippen LogP contribution in [0.1, 0.15) is 40.0 Å². The molecule has 4 heteroatoms. The predicted molar refractivity (Wildman–Crippen MR) is 64.1 cm³/mol. The largest absolute Gasteiger partial charge is 0.392 e. The number of carbonyl (C=O) groups is 1. The Hall–Kier alpha value is -0.610. The summed E-state index contributed by atoms with van der Waals surface area (Å²) in [7, 11) is 0. The second-order valence-electron chi connectivity index (χ2n) is 4.72. The van der Waals surface area contributed by atoms with Gasteiger partial charge in [0, 0.05) is 12.6 Å². The zero-order valence-electron chi connectivity index (χ0n) is 10.5. The van der Waals surface area contributed by atoms with Gasteiger partial charge in [0.05, 0.1) is 12.1 Å². The number of aliphatic hydroxyl groups excluding tert-OH is 1. The first kappa shape index (κ1) is 13.5. The third kappa shape index (κ3) is 3.46. The molecule has 1 amide bonds. The maximum atomic E-state index is 11.9. The normalized spacial score (nSPS) is 27.1. The second kappa shape index (κ2) is 6.21. The molecule has 16 heavy (non-hydrogen) atoms. The number of nitrogens with one attached hydrogen (secondary N) is 2. The average molecular weight is 228 g/mol. The van der Waals surface area contributed by atoms with Gasteiger partial charge in [-0.2, -0.15) is 0 Å². The van der Waals surface area contributed by atoms with Gasteiger partial charge in [0.2, 0.25) is 5.91 Å². The Kier molecular flexibility index (Phi) is 5.22. The van der Waals surface area contributed by atoms with E-state index in [1.807, 2.05) is 0 Å². The molecule has 0 aromatic heterocycles. The van der Waals surface area contributed by atoms with Gasteiger partial charge in [0.25, 0.3) is 0 Å². The molecule has 3 atom stereocenters. The van der Waals surface area contributed by atoms with Crippen LogP contribution >= 0.6 is 0 Å². The smallest absolute Gasteiger partial charge is 0.237 e. The quantitative estimate of drug-likeness (QED) is 0.647. The van der Waals surface area contributed by atoms with Gasteiger partial charge < -0.3 is 15.7 Å². The van der Waals surface area contributed by atoms with Crippen molar-refractivity contribution in [2.75, 3.05) is 6.54 Å². The van der Waals surface area contributed by atoms with Crippen molar-refractivity contribution >= 4 is 5.91 Å². The highest BCUT2D eigenvalue weighted by Gasteiger charge is 2.29. The second-order valence-corrected chi connectivity index (χ2v) is 4.72. The molecule has 0 saturated carbocycles. The van der Waals surface area contributed by atoms with Crippen LogP contribution in [-0.4, -0.2) is 35.7 Å². The number of hydrogen-bond acceptors (Lipinski definition) is 3. The van der Waals surface area contributed by atoms with Crippen LogP contribution in [0, 0.1) is 5.92 Å². The molecule has 94 valence electrons. The fourth-order valence-electron chi connectivity index (χ4n) is 2.36. The molecule has 0 aromatic rings. The van der Waals surface area contributed by atoms with Crippen LogP contribution in [0.15, 0.2) is 0 Å². The van der Waals surface area contributed by atoms with Crippen LogP contribution in [0.3, 0.4) is 0 Å². The molecule has 0 spiro atoms. The Balaban J connectivity index is 2.38. The van der Waals surface area contributed by atoms with Gasteiger partial charge in [-0.25, -0.2) is 0 Å². The van der Waals surface area contributed by atoms with Gasteiger partial charge in [-0.1, -0.05) is 26.7 Å². The van der Waals surface area contributed by atoms with Crippen LogP contribution in [0.4, 0.5) is 0 Å². The standard InChI is InChI=1S/C12H24N2O2/c1-4-9(5-2)8(3)14-12(16)11-6-10(15)7-13-11/h8-11,13,15H,4-7H2,1-3H3,(H,14,16). The molecule has 1 aliphatic rings. The third-order valence-corrected chi connectivity index (χ3v) is 3.55. The molecule has 1 saturated heterocycles. The predicted octanol–water partition coefficient (Wildman–Crippen LogP) is 0.650. The number of rotatable bonds is 5. The lowest BCUT2D eigenvalue weighted by Gasteiger charge is -2.24. The lowest BCUT2D eigenvalue weighted by Crippen LogP contribution is -2.46. The number of amides is 1. The van der Waals surface area contributed by atoms with E-state index in [2.05, 4.69) is 31.4 Å². The van der Waals surface area contributed by atoms with Crippen LogP contribution < -0.4 is 10.6 Å². The molecule has 0 aliphatic carbocycles. The molecule has 4 nitrogen and oxygen atoms in total. The molecule has 0 aromatic carbocycles. The van der Waals surface area contributed by atoms with E-state index in [0.29, 0.717) is 18.9 Å². The summed E-state index contributed by atoms with van der Waals surface area (Å²) in [5.41, 5.74) is 0. The van der Waals surface area contributed by atoms with Crippen LogP contribution in [0.5, 0.6) is 0 Å². The fraction of sp³-hybridized carbons (Fsp3) is 0.917. The van der Waals surface area contributed by atoms with Crippen molar-refractivity contribution in [2.24, 2.45) is 5.92 Å². The van der Waals surface area contributed by atoms with Gasteiger partial charge in [-0.05, 0) is 19.3 Å². The summed E-state index contributed by atoms with van der Waals surface area (Å²) in [4.78, 5) is 11.9. The third-order valence-electron chi connectivity index (χ3n) is 3.55. The highest BCUT2D eigenvalue weighted by molar-refractivity contribution is 5.82. The molecular formula is C12H24N2O2. The van der Waals surface area contributed by atoms with Gasteiger partial charge in [0.1, 0.15) is 0 Å². The van der Waals surface area contributed by atoms with Crippen molar-refractivity contribution in [2.45, 2.75) is 58.2 Å². The van der Waals surface area contributed by atoms with Crippen molar-refractivity contribution in [3.8, 4) is 0 Å². The minimum absolute atomic E-state index is 0.0240. The van der Waals surface area contributed by atoms with Crippen LogP contribution in [-0.2, 0) is 4.79 Å². The molecule has 1 aliphatic heterocycles. The number of carbonyl (C=O) groups excluding carboxylic acids is 1. The van der Waals surface area contributed by atoms with Crippen molar-refractivity contribution in [3.05, 3.63) is 0 Å². The van der Waals surface area contributed by atoms with E-state index in [1.165, 1.54) is 0 Å². The molecule has 3 unspecified atom stereocenters. The molecule has 1 fully saturated rings. The topological polar surface area (TPSA) is 61.4 Å². The monoisotopic (exact) mass is 228 g/mol. The highest BCUT2D eigenvalue weighted by atomic mass is 16.3. The van der Waals surface area contributed by atoms with E-state index in [0.717, 1.165) is 12.8 Å². The lowest BCUT2D eigenvalue weighted by molar-refractivity contribution is -0.123. The summed E-state index contributed by atoms with van der Waals surface area (Å²) in [5.74, 6) is 0.561. The SMILES string of the molecule is CCC(CC)C(C)NC(=O)C1CC(O)CN1. The van der Waals surface area contributed by atoms with Crippen molar-refractivity contribution in [1.29, 1.82) is 0 Å². The van der Waals surface area contributed by atoms with Crippen molar-refractivity contribution < 1.29 is 9.90 Å². The van der Waals surface area contributed by atoms with Crippen molar-refractivity contribution in [3.63, 3.8) is 0 Å². The Bertz CT molecular complexity index is 229. The van der Waals surface area contributed by atoms with E-state index in [1.54, 1.807) is 0 Å². The number of β-amino-alcohol motifs (C(OH)–C–C–N with tert-alkyl or cyclic N) is 1. The first-order chi connectivity index (χ1) is 7.58. The molecule has 0 bridgehead atoms. The van der Waals surface area contributed by atoms with Crippen LogP contribution in [0.2, 0.25) is 0 Å². The van der Waals surface area contributed by atoms with E-state index < -0.39 is 0 Å². The van der Waals surface area contributed by atoms with Crippen molar-refractivity contribution in [1.82, 2.24) is 10.6 Å². The van der Waals surface area contributed by atoms with Crippen LogP contribution in [0.25, 0.3) is 0 Å². The number of hydrogen-bond donors (Lipinski definition) is 3. The minimum atomic E-state index is -0.376. The highest BCUT2D eigenvalue weighted by Crippen LogP contribution is 2.13. The van der Waals surface area contributed by atoms with E-state index >= 15 is 0 Å². The maximum Gasteiger partial charge on any atom is 0.237 e. The van der Waals surface area contributed by atoms with Gasteiger partial charge in [-0.15, -0.1) is 0 Å². The summed E-state index contributed by atoms with van der Waals surface area (Å²) in [6, 6.07) is -0.00569. The Labute approximate surface area is 97.8 Å². The molecule has 1 rings (SSSR count). The minimum Gasteiger partial charge on any atom is -0.392 e. The Morgan fingerprint density at radius 1 is 1.50 bits per heavy atom. The zero-order chi connectivity index (χ0) is 12.1. The van der Waals surface area contributed by atoms with Gasteiger partial charge >= 0.3 is 0 Å². The summed E-state index contributed by atoms with van der Waals surface area (Å²) in [5, 5.41) is 15.4. The number of aliphatic hydroxyl groups is 1. The first-order valence-electron chi connectivity index (χ1n) is 6.30. The average Bonchev–Trinajstić information content (AvgIpc) is 2.66. The summed E-state index contributed by atoms with van der Waals surface area (Å²) >= 11 is 0. The van der Waals surface area contributed by atoms with E-state index in [9.17, 15) is 9.90 Å². The van der Waals surface area contributed by atoms with E-state index in [4.69, 9.17) is 0 Å². The first-order valence-corrected chi connectivity index (χ1v) is 6.30. The van der Waals surface area contributed by atoms with Gasteiger partial charge in [0.15, 0.2) is 0 Å². The molecule has 3 N–H and O–H groups in total. The summed E-state index contributed by atoms with van der Waals surface area (Å²) < 4.78 is 0. The Morgan fingerprint density at radius 2 is 2.12 bits per heavy atom. The van der Waals surface area contributed by atoms with Gasteiger partial charge in [-0.3, -0.25) is 4.79 Å². The van der Waals surface area contributed by atoms with E-state index in [-0.39, 0.29) is 24.1 Å². The fourth-order valence-corrected chi connectivity index (χ4v) is 2.36. The lowest BCUT2D eigenvalue weighted by atomic mass is 9.95. The maximum absolute atomic E-state index is 11.9. The molecule has 1 heterocycles. The Morgan fingerprint density at radius 3 is 2.56 bits per heavy atom. The summed E-state index contributed by atoms with van der Waals surface area (Å²) in [6.07, 6.45) is 2.32. The molecule has 0 radical (unpaired) electrons.